The van der Waals surface area contributed by atoms with Gasteiger partial charge in [-0.2, -0.15) is 13.2 Å². The molecule has 2 N–H and O–H groups in total. The second kappa shape index (κ2) is 10.8. The molecule has 0 saturated heterocycles. The van der Waals surface area contributed by atoms with Crippen LogP contribution in [-0.4, -0.2) is 43.9 Å². The standard InChI is InChI=1S/C20H15Cl2F3IN5O3/c1-10-5-11(21)6-12(18(32)28-9-26)16(10)29-19(33)14-7-15(34-8-20(23,24)25)30-31(14)17-13(22)3-2-4-27-17/h2-7H,8-9H2,1H3,(H,28,32)(H,29,33). The van der Waals surface area contributed by atoms with Crippen molar-refractivity contribution in [1.82, 2.24) is 20.1 Å². The van der Waals surface area contributed by atoms with Crippen LogP contribution in [0.1, 0.15) is 26.4 Å². The van der Waals surface area contributed by atoms with Crippen molar-refractivity contribution in [3.05, 3.63) is 63.4 Å². The molecule has 0 unspecified atom stereocenters. The van der Waals surface area contributed by atoms with E-state index in [9.17, 15) is 22.8 Å². The molecule has 0 aliphatic rings. The van der Waals surface area contributed by atoms with Crippen molar-refractivity contribution in [2.75, 3.05) is 16.5 Å². The molecule has 0 atom stereocenters. The molecule has 180 valence electrons. The van der Waals surface area contributed by atoms with Crippen LogP contribution >= 0.6 is 45.8 Å². The molecule has 1 aromatic carbocycles. The van der Waals surface area contributed by atoms with Gasteiger partial charge in [-0.15, -0.1) is 5.10 Å². The molecule has 3 aromatic rings. The number of ether oxygens (including phenoxy) is 1. The van der Waals surface area contributed by atoms with Gasteiger partial charge in [0.1, 0.15) is 5.69 Å². The number of nitrogens with zero attached hydrogens (tertiary/aromatic N) is 3. The molecule has 0 aliphatic heterocycles. The average Bonchev–Trinajstić information content (AvgIpc) is 3.18. The number of carbonyl (C=O) groups excluding carboxylic acids is 2. The van der Waals surface area contributed by atoms with E-state index in [2.05, 4.69) is 20.7 Å². The Labute approximate surface area is 214 Å². The molecule has 0 saturated carbocycles. The second-order valence-corrected chi connectivity index (χ2v) is 8.34. The Morgan fingerprint density at radius 2 is 1.94 bits per heavy atom. The first-order chi connectivity index (χ1) is 16.0. The van der Waals surface area contributed by atoms with Crippen LogP contribution in [0.3, 0.4) is 0 Å². The zero-order chi connectivity index (χ0) is 25.0. The highest BCUT2D eigenvalue weighted by Crippen LogP contribution is 2.28. The predicted molar refractivity (Wildman–Crippen MR) is 128 cm³/mol. The monoisotopic (exact) mass is 627 g/mol. The molecule has 0 fully saturated rings. The lowest BCUT2D eigenvalue weighted by atomic mass is 10.1. The molecule has 3 rings (SSSR count). The Morgan fingerprint density at radius 3 is 2.59 bits per heavy atom. The van der Waals surface area contributed by atoms with Crippen LogP contribution in [0, 0.1) is 6.92 Å². The first-order valence-corrected chi connectivity index (χ1v) is 11.6. The van der Waals surface area contributed by atoms with Gasteiger partial charge in [0.05, 0.1) is 20.8 Å². The Kier molecular flexibility index (Phi) is 8.25. The van der Waals surface area contributed by atoms with Crippen LogP contribution < -0.4 is 15.4 Å². The number of aromatic nitrogens is 3. The summed E-state index contributed by atoms with van der Waals surface area (Å²) in [6.07, 6.45) is -3.24. The molecule has 0 bridgehead atoms. The van der Waals surface area contributed by atoms with Crippen LogP contribution in [0.15, 0.2) is 36.5 Å². The number of hydrogen-bond donors (Lipinski definition) is 2. The minimum absolute atomic E-state index is 0.00752. The normalized spacial score (nSPS) is 11.3. The summed E-state index contributed by atoms with van der Waals surface area (Å²) in [7, 11) is 0. The van der Waals surface area contributed by atoms with Gasteiger partial charge in [0, 0.05) is 17.3 Å². The maximum atomic E-state index is 13.2. The van der Waals surface area contributed by atoms with E-state index in [-0.39, 0.29) is 32.8 Å². The number of pyridine rings is 1. The van der Waals surface area contributed by atoms with E-state index in [0.717, 1.165) is 10.7 Å². The van der Waals surface area contributed by atoms with Gasteiger partial charge >= 0.3 is 6.18 Å². The Hall–Kier alpha value is -2.58. The molecule has 14 heteroatoms. The fraction of sp³-hybridized carbons (Fsp3) is 0.200. The van der Waals surface area contributed by atoms with Gasteiger partial charge in [-0.3, -0.25) is 9.59 Å². The summed E-state index contributed by atoms with van der Waals surface area (Å²) in [6, 6.07) is 6.95. The quantitative estimate of drug-likeness (QED) is 0.213. The van der Waals surface area contributed by atoms with E-state index < -0.39 is 30.5 Å². The Morgan fingerprint density at radius 1 is 1.21 bits per heavy atom. The van der Waals surface area contributed by atoms with Crippen molar-refractivity contribution in [3.63, 3.8) is 0 Å². The van der Waals surface area contributed by atoms with Crippen LogP contribution in [0.5, 0.6) is 5.88 Å². The topological polar surface area (TPSA) is 98.1 Å². The molecule has 2 aromatic heterocycles. The van der Waals surface area contributed by atoms with Crippen LogP contribution in [0.4, 0.5) is 18.9 Å². The minimum Gasteiger partial charge on any atom is -0.467 e. The largest absolute Gasteiger partial charge is 0.467 e. The van der Waals surface area contributed by atoms with E-state index >= 15 is 0 Å². The van der Waals surface area contributed by atoms with E-state index in [1.807, 2.05) is 22.6 Å². The van der Waals surface area contributed by atoms with Crippen molar-refractivity contribution >= 4 is 63.3 Å². The van der Waals surface area contributed by atoms with Crippen LogP contribution in [0.2, 0.25) is 10.0 Å². The smallest absolute Gasteiger partial charge is 0.422 e. The molecule has 2 amide bonds. The van der Waals surface area contributed by atoms with Gasteiger partial charge in [-0.25, -0.2) is 9.67 Å². The highest BCUT2D eigenvalue weighted by molar-refractivity contribution is 14.1. The van der Waals surface area contributed by atoms with Crippen molar-refractivity contribution < 1.29 is 27.5 Å². The van der Waals surface area contributed by atoms with Crippen molar-refractivity contribution in [3.8, 4) is 11.7 Å². The molecular weight excluding hydrogens is 613 g/mol. The minimum atomic E-state index is -4.61. The lowest BCUT2D eigenvalue weighted by Gasteiger charge is -2.15. The van der Waals surface area contributed by atoms with E-state index in [1.165, 1.54) is 24.4 Å². The fourth-order valence-corrected chi connectivity index (χ4v) is 3.68. The number of halogens is 6. The third-order valence-electron chi connectivity index (χ3n) is 4.25. The molecule has 2 heterocycles. The summed E-state index contributed by atoms with van der Waals surface area (Å²) >= 11 is 14.2. The van der Waals surface area contributed by atoms with Gasteiger partial charge in [0.15, 0.2) is 12.4 Å². The number of hydrogen-bond acceptors (Lipinski definition) is 5. The average molecular weight is 628 g/mol. The van der Waals surface area contributed by atoms with Gasteiger partial charge < -0.3 is 15.4 Å². The summed E-state index contributed by atoms with van der Waals surface area (Å²) in [4.78, 5) is 29.8. The highest BCUT2D eigenvalue weighted by Gasteiger charge is 2.30. The maximum absolute atomic E-state index is 13.2. The summed E-state index contributed by atoms with van der Waals surface area (Å²) < 4.78 is 43.8. The van der Waals surface area contributed by atoms with E-state index in [0.29, 0.717) is 10.1 Å². The van der Waals surface area contributed by atoms with Gasteiger partial charge in [0.2, 0.25) is 5.88 Å². The van der Waals surface area contributed by atoms with Crippen molar-refractivity contribution in [2.45, 2.75) is 13.1 Å². The van der Waals surface area contributed by atoms with Crippen molar-refractivity contribution in [1.29, 1.82) is 0 Å². The number of amides is 2. The van der Waals surface area contributed by atoms with Gasteiger partial charge in [-0.1, -0.05) is 45.8 Å². The third-order valence-corrected chi connectivity index (χ3v) is 5.15. The van der Waals surface area contributed by atoms with Crippen LogP contribution in [0.25, 0.3) is 5.82 Å². The van der Waals surface area contributed by atoms with Gasteiger partial charge in [0.25, 0.3) is 11.8 Å². The molecule has 0 aliphatic carbocycles. The molecule has 0 spiro atoms. The second-order valence-electron chi connectivity index (χ2n) is 6.73. The molecular formula is C20H15Cl2F3IN5O3. The Balaban J connectivity index is 2.04. The maximum Gasteiger partial charge on any atom is 0.422 e. The third kappa shape index (κ3) is 6.30. The number of carbonyl (C=O) groups is 2. The number of aryl methyl sites for hydroxylation is 1. The number of alkyl halides is 4. The summed E-state index contributed by atoms with van der Waals surface area (Å²) in [6.45, 7) is 0.0189. The lowest BCUT2D eigenvalue weighted by Crippen LogP contribution is -2.25. The number of anilines is 1. The summed E-state index contributed by atoms with van der Waals surface area (Å²) in [5.41, 5.74) is 0.516. The SMILES string of the molecule is Cc1cc(Cl)cc(C(=O)NCI)c1NC(=O)c1cc(OCC(F)(F)F)nn1-c1ncccc1Cl. The van der Waals surface area contributed by atoms with E-state index in [1.54, 1.807) is 13.0 Å². The first kappa shape index (κ1) is 26.0. The van der Waals surface area contributed by atoms with Crippen molar-refractivity contribution in [2.24, 2.45) is 0 Å². The number of nitrogens with one attached hydrogen (secondary N) is 2. The highest BCUT2D eigenvalue weighted by atomic mass is 127. The lowest BCUT2D eigenvalue weighted by molar-refractivity contribution is -0.154. The number of benzene rings is 1. The number of rotatable bonds is 7. The summed E-state index contributed by atoms with van der Waals surface area (Å²) in [5.74, 6) is -1.76. The molecule has 0 radical (unpaired) electrons. The fourth-order valence-electron chi connectivity index (χ4n) is 2.86. The zero-order valence-corrected chi connectivity index (χ0v) is 20.9. The first-order valence-electron chi connectivity index (χ1n) is 9.36. The van der Waals surface area contributed by atoms with E-state index in [4.69, 9.17) is 27.9 Å². The summed E-state index contributed by atoms with van der Waals surface area (Å²) in [5, 5.41) is 9.51. The van der Waals surface area contributed by atoms with Crippen LogP contribution in [-0.2, 0) is 0 Å². The molecule has 8 nitrogen and oxygen atoms in total. The Bertz CT molecular complexity index is 1240. The molecule has 34 heavy (non-hydrogen) atoms. The van der Waals surface area contributed by atoms with Gasteiger partial charge in [-0.05, 0) is 36.8 Å². The zero-order valence-electron chi connectivity index (χ0n) is 17.2. The predicted octanol–water partition coefficient (Wildman–Crippen LogP) is 5.20.